The number of amides is 1. The van der Waals surface area contributed by atoms with E-state index in [2.05, 4.69) is 45.3 Å². The zero-order valence-electron chi connectivity index (χ0n) is 14.0. The summed E-state index contributed by atoms with van der Waals surface area (Å²) in [5, 5.41) is 9.76. The SMILES string of the molecule is O=C(NCCc1csc2ccccc12)c1ccc(NCC2CC2)nc1. The summed E-state index contributed by atoms with van der Waals surface area (Å²) in [7, 11) is 0. The van der Waals surface area contributed by atoms with Crippen molar-refractivity contribution in [2.24, 2.45) is 5.92 Å². The fraction of sp³-hybridized carbons (Fsp3) is 0.300. The van der Waals surface area contributed by atoms with Crippen molar-refractivity contribution < 1.29 is 4.79 Å². The third kappa shape index (κ3) is 3.99. The van der Waals surface area contributed by atoms with Crippen molar-refractivity contribution in [2.45, 2.75) is 19.3 Å². The Morgan fingerprint density at radius 1 is 1.20 bits per heavy atom. The van der Waals surface area contributed by atoms with E-state index in [0.717, 1.165) is 24.7 Å². The molecular formula is C20H21N3OS. The highest BCUT2D eigenvalue weighted by molar-refractivity contribution is 7.17. The maximum Gasteiger partial charge on any atom is 0.252 e. The van der Waals surface area contributed by atoms with Gasteiger partial charge in [-0.3, -0.25) is 4.79 Å². The number of thiophene rings is 1. The number of carbonyl (C=O) groups is 1. The summed E-state index contributed by atoms with van der Waals surface area (Å²) in [6.45, 7) is 1.61. The van der Waals surface area contributed by atoms with E-state index < -0.39 is 0 Å². The number of anilines is 1. The molecule has 0 radical (unpaired) electrons. The van der Waals surface area contributed by atoms with Gasteiger partial charge in [-0.05, 0) is 59.7 Å². The minimum absolute atomic E-state index is 0.0687. The first kappa shape index (κ1) is 16.1. The van der Waals surface area contributed by atoms with Crippen molar-refractivity contribution in [1.82, 2.24) is 10.3 Å². The number of rotatable bonds is 7. The van der Waals surface area contributed by atoms with E-state index in [-0.39, 0.29) is 5.91 Å². The molecule has 0 unspecified atom stereocenters. The van der Waals surface area contributed by atoms with E-state index in [1.165, 1.54) is 28.5 Å². The third-order valence-corrected chi connectivity index (χ3v) is 5.55. The number of hydrogen-bond acceptors (Lipinski definition) is 4. The van der Waals surface area contributed by atoms with Crippen LogP contribution in [0, 0.1) is 5.92 Å². The molecule has 0 saturated heterocycles. The van der Waals surface area contributed by atoms with Crippen LogP contribution in [0.1, 0.15) is 28.8 Å². The number of pyridine rings is 1. The smallest absolute Gasteiger partial charge is 0.252 e. The highest BCUT2D eigenvalue weighted by Gasteiger charge is 2.20. The van der Waals surface area contributed by atoms with Gasteiger partial charge >= 0.3 is 0 Å². The fourth-order valence-electron chi connectivity index (χ4n) is 2.84. The molecule has 4 nitrogen and oxygen atoms in total. The lowest BCUT2D eigenvalue weighted by Crippen LogP contribution is -2.25. The third-order valence-electron chi connectivity index (χ3n) is 4.54. The van der Waals surface area contributed by atoms with Crippen molar-refractivity contribution in [1.29, 1.82) is 0 Å². The summed E-state index contributed by atoms with van der Waals surface area (Å²) in [4.78, 5) is 16.6. The number of hydrogen-bond donors (Lipinski definition) is 2. The summed E-state index contributed by atoms with van der Waals surface area (Å²) < 4.78 is 1.29. The van der Waals surface area contributed by atoms with Crippen LogP contribution in [0.15, 0.2) is 48.0 Å². The van der Waals surface area contributed by atoms with Gasteiger partial charge in [0, 0.05) is 24.0 Å². The molecule has 4 rings (SSSR count). The van der Waals surface area contributed by atoms with Crippen LogP contribution < -0.4 is 10.6 Å². The minimum Gasteiger partial charge on any atom is -0.370 e. The Balaban J connectivity index is 1.29. The first-order valence-electron chi connectivity index (χ1n) is 8.73. The molecule has 2 heterocycles. The largest absolute Gasteiger partial charge is 0.370 e. The molecular weight excluding hydrogens is 330 g/mol. The number of benzene rings is 1. The first-order chi connectivity index (χ1) is 12.3. The molecule has 1 fully saturated rings. The topological polar surface area (TPSA) is 54.0 Å². The second-order valence-electron chi connectivity index (χ2n) is 6.52. The molecule has 25 heavy (non-hydrogen) atoms. The van der Waals surface area contributed by atoms with Gasteiger partial charge in [-0.25, -0.2) is 4.98 Å². The molecule has 5 heteroatoms. The molecule has 1 aliphatic rings. The molecule has 2 aromatic heterocycles. The lowest BCUT2D eigenvalue weighted by molar-refractivity contribution is 0.0954. The predicted octanol–water partition coefficient (Wildman–Crippen LogP) is 4.09. The molecule has 2 N–H and O–H groups in total. The second kappa shape index (κ2) is 7.23. The average molecular weight is 351 g/mol. The second-order valence-corrected chi connectivity index (χ2v) is 7.43. The van der Waals surface area contributed by atoms with Gasteiger partial charge in [0.15, 0.2) is 0 Å². The summed E-state index contributed by atoms with van der Waals surface area (Å²) in [5.74, 6) is 1.58. The van der Waals surface area contributed by atoms with Crippen LogP contribution in [0.4, 0.5) is 5.82 Å². The van der Waals surface area contributed by atoms with Crippen LogP contribution in [0.25, 0.3) is 10.1 Å². The van der Waals surface area contributed by atoms with Crippen LogP contribution in [-0.2, 0) is 6.42 Å². The molecule has 1 amide bonds. The number of carbonyl (C=O) groups excluding carboxylic acids is 1. The summed E-state index contributed by atoms with van der Waals surface area (Å²) in [6, 6.07) is 12.1. The number of nitrogens with one attached hydrogen (secondary N) is 2. The van der Waals surface area contributed by atoms with Crippen LogP contribution in [0.3, 0.4) is 0 Å². The molecule has 1 aliphatic carbocycles. The zero-order chi connectivity index (χ0) is 17.1. The van der Waals surface area contributed by atoms with E-state index in [1.54, 1.807) is 17.5 Å². The quantitative estimate of drug-likeness (QED) is 0.674. The molecule has 0 bridgehead atoms. The minimum atomic E-state index is -0.0687. The van der Waals surface area contributed by atoms with Gasteiger partial charge in [-0.1, -0.05) is 18.2 Å². The number of nitrogens with zero attached hydrogens (tertiary/aromatic N) is 1. The molecule has 3 aromatic rings. The predicted molar refractivity (Wildman–Crippen MR) is 103 cm³/mol. The Hall–Kier alpha value is -2.40. The molecule has 1 saturated carbocycles. The van der Waals surface area contributed by atoms with E-state index >= 15 is 0 Å². The fourth-order valence-corrected chi connectivity index (χ4v) is 3.84. The van der Waals surface area contributed by atoms with E-state index in [1.807, 2.05) is 12.1 Å². The van der Waals surface area contributed by atoms with Crippen LogP contribution in [0.2, 0.25) is 0 Å². The molecule has 0 spiro atoms. The number of aromatic nitrogens is 1. The van der Waals surface area contributed by atoms with E-state index in [4.69, 9.17) is 0 Å². The first-order valence-corrected chi connectivity index (χ1v) is 9.61. The van der Waals surface area contributed by atoms with Crippen molar-refractivity contribution in [3.8, 4) is 0 Å². The Morgan fingerprint density at radius 2 is 2.08 bits per heavy atom. The van der Waals surface area contributed by atoms with Gasteiger partial charge in [0.1, 0.15) is 5.82 Å². The van der Waals surface area contributed by atoms with Gasteiger partial charge in [0.05, 0.1) is 5.56 Å². The summed E-state index contributed by atoms with van der Waals surface area (Å²) in [6.07, 6.45) is 5.11. The lowest BCUT2D eigenvalue weighted by atomic mass is 10.1. The van der Waals surface area contributed by atoms with E-state index in [9.17, 15) is 4.79 Å². The van der Waals surface area contributed by atoms with Crippen LogP contribution >= 0.6 is 11.3 Å². The van der Waals surface area contributed by atoms with Gasteiger partial charge in [-0.2, -0.15) is 0 Å². The van der Waals surface area contributed by atoms with Crippen molar-refractivity contribution in [3.63, 3.8) is 0 Å². The van der Waals surface area contributed by atoms with Gasteiger partial charge in [0.2, 0.25) is 0 Å². The zero-order valence-corrected chi connectivity index (χ0v) is 14.8. The average Bonchev–Trinajstić information content (AvgIpc) is 3.40. The maximum atomic E-state index is 12.3. The maximum absolute atomic E-state index is 12.3. The van der Waals surface area contributed by atoms with Crippen LogP contribution in [0.5, 0.6) is 0 Å². The normalized spacial score (nSPS) is 13.8. The van der Waals surface area contributed by atoms with Gasteiger partial charge in [0.25, 0.3) is 5.91 Å². The molecule has 1 aromatic carbocycles. The van der Waals surface area contributed by atoms with Crippen molar-refractivity contribution >= 4 is 33.1 Å². The van der Waals surface area contributed by atoms with E-state index in [0.29, 0.717) is 12.1 Å². The van der Waals surface area contributed by atoms with Crippen LogP contribution in [-0.4, -0.2) is 24.0 Å². The molecule has 0 aliphatic heterocycles. The highest BCUT2D eigenvalue weighted by Crippen LogP contribution is 2.28. The van der Waals surface area contributed by atoms with Crippen molar-refractivity contribution in [3.05, 3.63) is 59.1 Å². The Morgan fingerprint density at radius 3 is 2.88 bits per heavy atom. The Labute approximate surface area is 151 Å². The Bertz CT molecular complexity index is 868. The summed E-state index contributed by atoms with van der Waals surface area (Å²) in [5.41, 5.74) is 1.89. The Kier molecular flexibility index (Phi) is 4.65. The van der Waals surface area contributed by atoms with Gasteiger partial charge < -0.3 is 10.6 Å². The van der Waals surface area contributed by atoms with Gasteiger partial charge in [-0.15, -0.1) is 11.3 Å². The summed E-state index contributed by atoms with van der Waals surface area (Å²) >= 11 is 1.75. The molecule has 128 valence electrons. The highest BCUT2D eigenvalue weighted by atomic mass is 32.1. The lowest BCUT2D eigenvalue weighted by Gasteiger charge is -2.07. The monoisotopic (exact) mass is 351 g/mol. The molecule has 0 atom stereocenters. The standard InChI is InChI=1S/C20H21N3OS/c24-20(15-7-8-19(23-12-15)22-11-14-5-6-14)21-10-9-16-13-25-18-4-2-1-3-17(16)18/h1-4,7-8,12-14H,5-6,9-11H2,(H,21,24)(H,22,23). The van der Waals surface area contributed by atoms with Crippen molar-refractivity contribution in [2.75, 3.05) is 18.4 Å². The number of fused-ring (bicyclic) bond motifs is 1.